The normalized spacial score (nSPS) is 21.6. The van der Waals surface area contributed by atoms with Crippen molar-refractivity contribution in [3.8, 4) is 0 Å². The molecule has 0 bridgehead atoms. The van der Waals surface area contributed by atoms with E-state index < -0.39 is 5.92 Å². The Kier molecular flexibility index (Phi) is 3.70. The molecule has 0 aromatic carbocycles. The molecule has 108 valence electrons. The van der Waals surface area contributed by atoms with Crippen LogP contribution in [0.5, 0.6) is 0 Å². The SMILES string of the molecule is CN1C(=O)C[C@@H](C(=O)Nc2ccsc2)[C@@H]1c1cccnc1. The third-order valence-electron chi connectivity index (χ3n) is 3.74. The molecule has 2 aromatic rings. The summed E-state index contributed by atoms with van der Waals surface area (Å²) in [6.45, 7) is 0. The molecule has 2 atom stereocenters. The van der Waals surface area contributed by atoms with E-state index in [-0.39, 0.29) is 24.3 Å². The number of pyridine rings is 1. The van der Waals surface area contributed by atoms with Gasteiger partial charge in [0.15, 0.2) is 0 Å². The monoisotopic (exact) mass is 301 g/mol. The molecule has 3 heterocycles. The summed E-state index contributed by atoms with van der Waals surface area (Å²) in [6.07, 6.45) is 3.62. The summed E-state index contributed by atoms with van der Waals surface area (Å²) in [6, 6.07) is 5.31. The molecule has 0 spiro atoms. The highest BCUT2D eigenvalue weighted by Gasteiger charge is 2.42. The van der Waals surface area contributed by atoms with Crippen LogP contribution >= 0.6 is 11.3 Å². The molecule has 21 heavy (non-hydrogen) atoms. The second-order valence-electron chi connectivity index (χ2n) is 5.05. The number of nitrogens with zero attached hydrogens (tertiary/aromatic N) is 2. The largest absolute Gasteiger partial charge is 0.338 e. The van der Waals surface area contributed by atoms with Crippen LogP contribution in [0.2, 0.25) is 0 Å². The molecule has 0 saturated carbocycles. The van der Waals surface area contributed by atoms with Gasteiger partial charge in [-0.3, -0.25) is 14.6 Å². The lowest BCUT2D eigenvalue weighted by Gasteiger charge is -2.24. The van der Waals surface area contributed by atoms with E-state index in [1.165, 1.54) is 11.3 Å². The number of hydrogen-bond acceptors (Lipinski definition) is 4. The number of thiophene rings is 1. The Morgan fingerprint density at radius 1 is 1.48 bits per heavy atom. The molecule has 2 aromatic heterocycles. The second kappa shape index (κ2) is 5.65. The van der Waals surface area contributed by atoms with Crippen LogP contribution in [-0.2, 0) is 9.59 Å². The molecule has 2 amide bonds. The Labute approximate surface area is 126 Å². The maximum absolute atomic E-state index is 12.5. The third kappa shape index (κ3) is 2.67. The van der Waals surface area contributed by atoms with E-state index in [9.17, 15) is 9.59 Å². The zero-order valence-electron chi connectivity index (χ0n) is 11.5. The fourth-order valence-electron chi connectivity index (χ4n) is 2.68. The van der Waals surface area contributed by atoms with Gasteiger partial charge in [0.2, 0.25) is 11.8 Å². The van der Waals surface area contributed by atoms with Crippen LogP contribution in [-0.4, -0.2) is 28.7 Å². The van der Waals surface area contributed by atoms with E-state index in [1.54, 1.807) is 24.3 Å². The Bertz CT molecular complexity index is 642. The van der Waals surface area contributed by atoms with Gasteiger partial charge < -0.3 is 10.2 Å². The van der Waals surface area contributed by atoms with Gasteiger partial charge in [0, 0.05) is 31.2 Å². The second-order valence-corrected chi connectivity index (χ2v) is 5.83. The van der Waals surface area contributed by atoms with Crippen molar-refractivity contribution in [3.63, 3.8) is 0 Å². The molecule has 0 aliphatic carbocycles. The summed E-state index contributed by atoms with van der Waals surface area (Å²) in [5.41, 5.74) is 1.66. The Morgan fingerprint density at radius 2 is 2.33 bits per heavy atom. The number of aromatic nitrogens is 1. The molecule has 1 aliphatic heterocycles. The van der Waals surface area contributed by atoms with E-state index in [1.807, 2.05) is 29.0 Å². The number of anilines is 1. The van der Waals surface area contributed by atoms with Gasteiger partial charge in [-0.15, -0.1) is 0 Å². The first-order valence-corrected chi connectivity index (χ1v) is 7.60. The Balaban J connectivity index is 1.85. The van der Waals surface area contributed by atoms with Gasteiger partial charge in [-0.2, -0.15) is 11.3 Å². The quantitative estimate of drug-likeness (QED) is 0.946. The van der Waals surface area contributed by atoms with Crippen molar-refractivity contribution in [1.82, 2.24) is 9.88 Å². The average Bonchev–Trinajstić information content (AvgIpc) is 3.09. The number of carbonyl (C=O) groups is 2. The molecule has 5 nitrogen and oxygen atoms in total. The van der Waals surface area contributed by atoms with Crippen molar-refractivity contribution in [2.75, 3.05) is 12.4 Å². The van der Waals surface area contributed by atoms with Crippen LogP contribution < -0.4 is 5.32 Å². The molecule has 1 N–H and O–H groups in total. The maximum Gasteiger partial charge on any atom is 0.230 e. The number of nitrogens with one attached hydrogen (secondary N) is 1. The zero-order chi connectivity index (χ0) is 14.8. The van der Waals surface area contributed by atoms with E-state index in [2.05, 4.69) is 10.3 Å². The van der Waals surface area contributed by atoms with Gasteiger partial charge >= 0.3 is 0 Å². The molecule has 0 radical (unpaired) electrons. The minimum absolute atomic E-state index is 0.0191. The van der Waals surface area contributed by atoms with Gasteiger partial charge in [0.25, 0.3) is 0 Å². The standard InChI is InChI=1S/C15H15N3O2S/c1-18-13(19)7-12(14(18)10-3-2-5-16-8-10)15(20)17-11-4-6-21-9-11/h2-6,8-9,12,14H,7H2,1H3,(H,17,20)/t12-,14+/m1/s1. The van der Waals surface area contributed by atoms with Gasteiger partial charge in [-0.05, 0) is 23.1 Å². The molecule has 6 heteroatoms. The summed E-state index contributed by atoms with van der Waals surface area (Å²) in [7, 11) is 1.73. The van der Waals surface area contributed by atoms with Gasteiger partial charge in [0.05, 0.1) is 17.6 Å². The molecular weight excluding hydrogens is 286 g/mol. The van der Waals surface area contributed by atoms with Crippen LogP contribution in [0.15, 0.2) is 41.4 Å². The van der Waals surface area contributed by atoms with Crippen molar-refractivity contribution in [2.24, 2.45) is 5.92 Å². The molecular formula is C15H15N3O2S. The topological polar surface area (TPSA) is 62.3 Å². The highest BCUT2D eigenvalue weighted by atomic mass is 32.1. The first kappa shape index (κ1) is 13.8. The average molecular weight is 301 g/mol. The first-order chi connectivity index (χ1) is 10.2. The van der Waals surface area contributed by atoms with Crippen LogP contribution in [0.1, 0.15) is 18.0 Å². The van der Waals surface area contributed by atoms with Crippen LogP contribution in [0, 0.1) is 5.92 Å². The van der Waals surface area contributed by atoms with Crippen molar-refractivity contribution in [1.29, 1.82) is 0 Å². The van der Waals surface area contributed by atoms with Gasteiger partial charge in [0.1, 0.15) is 0 Å². The summed E-state index contributed by atoms with van der Waals surface area (Å²) in [5, 5.41) is 6.65. The number of amides is 2. The van der Waals surface area contributed by atoms with Crippen molar-refractivity contribution < 1.29 is 9.59 Å². The molecule has 1 saturated heterocycles. The number of carbonyl (C=O) groups excluding carboxylic acids is 2. The minimum Gasteiger partial charge on any atom is -0.338 e. The van der Waals surface area contributed by atoms with Crippen molar-refractivity contribution in [2.45, 2.75) is 12.5 Å². The summed E-state index contributed by atoms with van der Waals surface area (Å²) in [4.78, 5) is 30.2. The Hall–Kier alpha value is -2.21. The predicted molar refractivity (Wildman–Crippen MR) is 80.8 cm³/mol. The minimum atomic E-state index is -0.397. The van der Waals surface area contributed by atoms with E-state index in [0.717, 1.165) is 11.3 Å². The molecule has 0 unspecified atom stereocenters. The fraction of sp³-hybridized carbons (Fsp3) is 0.267. The molecule has 1 aliphatic rings. The fourth-order valence-corrected chi connectivity index (χ4v) is 3.27. The number of likely N-dealkylation sites (tertiary alicyclic amines) is 1. The Morgan fingerprint density at radius 3 is 3.00 bits per heavy atom. The van der Waals surface area contributed by atoms with Crippen LogP contribution in [0.3, 0.4) is 0 Å². The first-order valence-electron chi connectivity index (χ1n) is 6.65. The van der Waals surface area contributed by atoms with Gasteiger partial charge in [-0.1, -0.05) is 6.07 Å². The molecule has 3 rings (SSSR count). The summed E-state index contributed by atoms with van der Waals surface area (Å²) in [5.74, 6) is -0.541. The number of rotatable bonds is 3. The lowest BCUT2D eigenvalue weighted by atomic mass is 9.94. The highest BCUT2D eigenvalue weighted by Crippen LogP contribution is 2.37. The maximum atomic E-state index is 12.5. The van der Waals surface area contributed by atoms with Crippen LogP contribution in [0.4, 0.5) is 5.69 Å². The molecule has 1 fully saturated rings. The van der Waals surface area contributed by atoms with E-state index in [4.69, 9.17) is 0 Å². The predicted octanol–water partition coefficient (Wildman–Crippen LogP) is 2.30. The van der Waals surface area contributed by atoms with E-state index in [0.29, 0.717) is 0 Å². The van der Waals surface area contributed by atoms with Gasteiger partial charge in [-0.25, -0.2) is 0 Å². The summed E-state index contributed by atoms with van der Waals surface area (Å²) < 4.78 is 0. The van der Waals surface area contributed by atoms with Crippen LogP contribution in [0.25, 0.3) is 0 Å². The lowest BCUT2D eigenvalue weighted by Crippen LogP contribution is -2.30. The zero-order valence-corrected chi connectivity index (χ0v) is 12.3. The summed E-state index contributed by atoms with van der Waals surface area (Å²) >= 11 is 1.52. The van der Waals surface area contributed by atoms with Crippen molar-refractivity contribution >= 4 is 28.8 Å². The third-order valence-corrected chi connectivity index (χ3v) is 4.42. The number of hydrogen-bond donors (Lipinski definition) is 1. The smallest absolute Gasteiger partial charge is 0.230 e. The lowest BCUT2D eigenvalue weighted by molar-refractivity contribution is -0.127. The highest BCUT2D eigenvalue weighted by molar-refractivity contribution is 7.08. The van der Waals surface area contributed by atoms with E-state index >= 15 is 0 Å². The van der Waals surface area contributed by atoms with Crippen molar-refractivity contribution in [3.05, 3.63) is 46.9 Å².